The Balaban J connectivity index is 1.40. The lowest BCUT2D eigenvalue weighted by atomic mass is 9.88. The third-order valence-corrected chi connectivity index (χ3v) is 11.8. The SMILES string of the molecule is Cc1ccc(S(=O)(=O)[C@H](c2ccccc2)[C@@H](c2ccccc2)N2Cc3ccc4ccccc4c3-c3c(ccc4ccccc34)C2)cc1. The van der Waals surface area contributed by atoms with E-state index >= 15 is 8.42 Å². The fourth-order valence-corrected chi connectivity index (χ4v) is 9.45. The summed E-state index contributed by atoms with van der Waals surface area (Å²) < 4.78 is 30.0. The molecule has 2 atom stereocenters. The van der Waals surface area contributed by atoms with E-state index in [-0.39, 0.29) is 0 Å². The quantitative estimate of drug-likeness (QED) is 0.184. The van der Waals surface area contributed by atoms with Gasteiger partial charge in [-0.3, -0.25) is 4.90 Å². The molecule has 230 valence electrons. The van der Waals surface area contributed by atoms with E-state index in [1.165, 1.54) is 43.8 Å². The van der Waals surface area contributed by atoms with Crippen molar-refractivity contribution >= 4 is 31.4 Å². The van der Waals surface area contributed by atoms with Gasteiger partial charge in [0, 0.05) is 13.1 Å². The normalized spacial score (nSPS) is 14.7. The van der Waals surface area contributed by atoms with Crippen molar-refractivity contribution in [2.75, 3.05) is 0 Å². The summed E-state index contributed by atoms with van der Waals surface area (Å²) in [5.41, 5.74) is 7.65. The van der Waals surface area contributed by atoms with Gasteiger partial charge in [0.05, 0.1) is 10.9 Å². The molecule has 1 aliphatic heterocycles. The Morgan fingerprint density at radius 1 is 0.511 bits per heavy atom. The van der Waals surface area contributed by atoms with Gasteiger partial charge >= 0.3 is 0 Å². The predicted octanol–water partition coefficient (Wildman–Crippen LogP) is 10.2. The number of sulfone groups is 1. The Labute approximate surface area is 276 Å². The standard InChI is InChI=1S/C43H35NO2S/c1-30-20-26-37(27-21-30)47(45,46)43(34-16-6-3-7-17-34)42(33-14-4-2-5-15-33)44-28-35-24-22-31-12-8-10-18-38(31)40(35)41-36(29-44)25-23-32-13-9-11-19-39(32)41/h2-27,42-43H,28-29H2,1H3/t42-,43-/m1/s1. The summed E-state index contributed by atoms with van der Waals surface area (Å²) >= 11 is 0. The number of nitrogens with zero attached hydrogens (tertiary/aromatic N) is 1. The summed E-state index contributed by atoms with van der Waals surface area (Å²) in [4.78, 5) is 2.73. The van der Waals surface area contributed by atoms with E-state index in [9.17, 15) is 0 Å². The van der Waals surface area contributed by atoms with Crippen LogP contribution in [0.15, 0.2) is 163 Å². The average molecular weight is 630 g/mol. The first kappa shape index (κ1) is 29.4. The predicted molar refractivity (Wildman–Crippen MR) is 193 cm³/mol. The summed E-state index contributed by atoms with van der Waals surface area (Å²) in [5, 5.41) is 3.98. The zero-order valence-electron chi connectivity index (χ0n) is 26.3. The van der Waals surface area contributed by atoms with Crippen molar-refractivity contribution in [3.05, 3.63) is 186 Å². The number of rotatable bonds is 6. The third-order valence-electron chi connectivity index (χ3n) is 9.66. The first-order chi connectivity index (χ1) is 23.0. The van der Waals surface area contributed by atoms with Gasteiger partial charge in [-0.1, -0.05) is 151 Å². The van der Waals surface area contributed by atoms with E-state index in [1.807, 2.05) is 67.6 Å². The summed E-state index contributed by atoms with van der Waals surface area (Å²) in [7, 11) is -3.85. The van der Waals surface area contributed by atoms with Crippen LogP contribution >= 0.6 is 0 Å². The molecule has 47 heavy (non-hydrogen) atoms. The highest BCUT2D eigenvalue weighted by atomic mass is 32.2. The van der Waals surface area contributed by atoms with Crippen LogP contribution in [0.5, 0.6) is 0 Å². The van der Waals surface area contributed by atoms with Gasteiger partial charge in [0.1, 0.15) is 5.25 Å². The second kappa shape index (κ2) is 12.0. The van der Waals surface area contributed by atoms with Crippen LogP contribution < -0.4 is 0 Å². The van der Waals surface area contributed by atoms with Crippen LogP contribution in [-0.2, 0) is 22.9 Å². The molecule has 0 saturated carbocycles. The Morgan fingerprint density at radius 3 is 1.51 bits per heavy atom. The Morgan fingerprint density at radius 2 is 0.979 bits per heavy atom. The number of benzene rings is 7. The minimum atomic E-state index is -3.85. The highest BCUT2D eigenvalue weighted by Crippen LogP contribution is 2.48. The zero-order chi connectivity index (χ0) is 32.0. The van der Waals surface area contributed by atoms with Gasteiger partial charge in [-0.15, -0.1) is 0 Å². The van der Waals surface area contributed by atoms with Crippen LogP contribution in [0.3, 0.4) is 0 Å². The molecule has 8 rings (SSSR count). The van der Waals surface area contributed by atoms with Crippen molar-refractivity contribution in [1.82, 2.24) is 4.90 Å². The third kappa shape index (κ3) is 5.24. The summed E-state index contributed by atoms with van der Waals surface area (Å²) in [6.45, 7) is 3.17. The minimum absolute atomic E-state index is 0.338. The molecule has 7 aromatic rings. The molecular weight excluding hydrogens is 595 g/mol. The van der Waals surface area contributed by atoms with Gasteiger partial charge in [-0.05, 0) is 74.0 Å². The molecular formula is C43H35NO2S. The van der Waals surface area contributed by atoms with Gasteiger partial charge < -0.3 is 0 Å². The average Bonchev–Trinajstić information content (AvgIpc) is 3.28. The summed E-state index contributed by atoms with van der Waals surface area (Å²) in [6.07, 6.45) is 0. The van der Waals surface area contributed by atoms with Crippen molar-refractivity contribution in [2.24, 2.45) is 0 Å². The van der Waals surface area contributed by atoms with E-state index in [1.54, 1.807) is 12.1 Å². The molecule has 0 aromatic heterocycles. The molecule has 0 bridgehead atoms. The molecule has 0 N–H and O–H groups in total. The van der Waals surface area contributed by atoms with Crippen LogP contribution in [-0.4, -0.2) is 13.3 Å². The van der Waals surface area contributed by atoms with Crippen molar-refractivity contribution in [3.8, 4) is 11.1 Å². The van der Waals surface area contributed by atoms with Crippen molar-refractivity contribution in [3.63, 3.8) is 0 Å². The largest absolute Gasteiger partial charge is 0.286 e. The van der Waals surface area contributed by atoms with E-state index < -0.39 is 21.1 Å². The first-order valence-corrected chi connectivity index (χ1v) is 17.7. The number of fused-ring (bicyclic) bond motifs is 7. The maximum Gasteiger partial charge on any atom is 0.187 e. The Hall–Kier alpha value is -5.03. The molecule has 0 fully saturated rings. The molecule has 4 heteroatoms. The van der Waals surface area contributed by atoms with E-state index in [2.05, 4.69) is 89.8 Å². The Bertz CT molecular complexity index is 2250. The maximum absolute atomic E-state index is 15.0. The second-order valence-corrected chi connectivity index (χ2v) is 14.7. The molecule has 1 aliphatic rings. The van der Waals surface area contributed by atoms with Crippen LogP contribution in [0.4, 0.5) is 0 Å². The van der Waals surface area contributed by atoms with E-state index in [4.69, 9.17) is 0 Å². The first-order valence-electron chi connectivity index (χ1n) is 16.2. The van der Waals surface area contributed by atoms with Gasteiger partial charge in [-0.25, -0.2) is 8.42 Å². The summed E-state index contributed by atoms with van der Waals surface area (Å²) in [6, 6.07) is 52.9. The molecule has 7 aromatic carbocycles. The van der Waals surface area contributed by atoms with Crippen molar-refractivity contribution in [2.45, 2.75) is 36.2 Å². The fraction of sp³-hybridized carbons (Fsp3) is 0.116. The van der Waals surface area contributed by atoms with E-state index in [0.717, 1.165) is 16.7 Å². The van der Waals surface area contributed by atoms with Gasteiger partial charge in [0.2, 0.25) is 0 Å². The van der Waals surface area contributed by atoms with Crippen molar-refractivity contribution < 1.29 is 8.42 Å². The molecule has 0 radical (unpaired) electrons. The lowest BCUT2D eigenvalue weighted by Gasteiger charge is -2.37. The molecule has 0 amide bonds. The topological polar surface area (TPSA) is 37.4 Å². The van der Waals surface area contributed by atoms with E-state index in [0.29, 0.717) is 18.0 Å². The molecule has 3 nitrogen and oxygen atoms in total. The highest BCUT2D eigenvalue weighted by Gasteiger charge is 2.41. The minimum Gasteiger partial charge on any atom is -0.286 e. The maximum atomic E-state index is 15.0. The smallest absolute Gasteiger partial charge is 0.187 e. The highest BCUT2D eigenvalue weighted by molar-refractivity contribution is 7.91. The molecule has 0 unspecified atom stereocenters. The lowest BCUT2D eigenvalue weighted by Crippen LogP contribution is -2.35. The van der Waals surface area contributed by atoms with Crippen LogP contribution in [0, 0.1) is 6.92 Å². The van der Waals surface area contributed by atoms with Crippen molar-refractivity contribution in [1.29, 1.82) is 0 Å². The monoisotopic (exact) mass is 629 g/mol. The summed E-state index contributed by atoms with van der Waals surface area (Å²) in [5.74, 6) is 0. The molecule has 1 heterocycles. The number of hydrogen-bond donors (Lipinski definition) is 0. The van der Waals surface area contributed by atoms with Gasteiger partial charge in [-0.2, -0.15) is 0 Å². The number of aryl methyl sites for hydroxylation is 1. The zero-order valence-corrected chi connectivity index (χ0v) is 27.1. The van der Waals surface area contributed by atoms with Crippen LogP contribution in [0.1, 0.15) is 39.1 Å². The fourth-order valence-electron chi connectivity index (χ4n) is 7.45. The Kier molecular flexibility index (Phi) is 7.48. The second-order valence-electron chi connectivity index (χ2n) is 12.6. The van der Waals surface area contributed by atoms with Gasteiger partial charge in [0.25, 0.3) is 0 Å². The van der Waals surface area contributed by atoms with Crippen LogP contribution in [0.25, 0.3) is 32.7 Å². The van der Waals surface area contributed by atoms with Crippen LogP contribution in [0.2, 0.25) is 0 Å². The number of hydrogen-bond acceptors (Lipinski definition) is 3. The lowest BCUT2D eigenvalue weighted by molar-refractivity contribution is 0.174. The van der Waals surface area contributed by atoms with Gasteiger partial charge in [0.15, 0.2) is 9.84 Å². The molecule has 0 aliphatic carbocycles. The molecule has 0 spiro atoms. The molecule has 0 saturated heterocycles.